The Morgan fingerprint density at radius 2 is 2.05 bits per heavy atom. The summed E-state index contributed by atoms with van der Waals surface area (Å²) in [6.45, 7) is 4.00. The Balaban J connectivity index is 2.48. The quantitative estimate of drug-likeness (QED) is 0.793. The molecule has 0 amide bonds. The van der Waals surface area contributed by atoms with Gasteiger partial charge in [-0.1, -0.05) is 12.1 Å². The second kappa shape index (κ2) is 5.52. The van der Waals surface area contributed by atoms with E-state index in [0.717, 1.165) is 11.3 Å². The van der Waals surface area contributed by atoms with Gasteiger partial charge in [0.05, 0.1) is 12.2 Å². The molecule has 0 radical (unpaired) electrons. The molecule has 2 rings (SSSR count). The molecule has 98 valence electrons. The number of carbonyl (C=O) groups is 1. The van der Waals surface area contributed by atoms with Crippen LogP contribution in [0.5, 0.6) is 0 Å². The molecular formula is C15H15NO3. The zero-order valence-corrected chi connectivity index (χ0v) is 10.9. The summed E-state index contributed by atoms with van der Waals surface area (Å²) in [4.78, 5) is 23.5. The van der Waals surface area contributed by atoms with Crippen molar-refractivity contribution in [2.24, 2.45) is 0 Å². The molecule has 0 unspecified atom stereocenters. The fraction of sp³-hybridized carbons (Fsp3) is 0.200. The van der Waals surface area contributed by atoms with Gasteiger partial charge in [0.25, 0.3) is 5.56 Å². The van der Waals surface area contributed by atoms with E-state index < -0.39 is 5.97 Å². The predicted molar refractivity (Wildman–Crippen MR) is 72.7 cm³/mol. The van der Waals surface area contributed by atoms with Crippen molar-refractivity contribution in [3.8, 4) is 5.69 Å². The SMILES string of the molecule is CCOC(=O)c1ccc(=O)n(-c2cccc(C)c2)c1. The Morgan fingerprint density at radius 1 is 1.26 bits per heavy atom. The van der Waals surface area contributed by atoms with Gasteiger partial charge in [-0.05, 0) is 37.6 Å². The third-order valence-corrected chi connectivity index (χ3v) is 2.70. The molecule has 2 aromatic rings. The summed E-state index contributed by atoms with van der Waals surface area (Å²) in [5.74, 6) is -0.427. The number of ether oxygens (including phenoxy) is 1. The molecule has 0 aliphatic carbocycles. The molecule has 1 aromatic carbocycles. The molecule has 0 atom stereocenters. The van der Waals surface area contributed by atoms with Gasteiger partial charge in [-0.25, -0.2) is 4.79 Å². The first-order chi connectivity index (χ1) is 9.11. The highest BCUT2D eigenvalue weighted by atomic mass is 16.5. The Hall–Kier alpha value is -2.36. The summed E-state index contributed by atoms with van der Waals surface area (Å²) in [6, 6.07) is 10.4. The average molecular weight is 257 g/mol. The van der Waals surface area contributed by atoms with Crippen LogP contribution in [0.15, 0.2) is 47.4 Å². The molecule has 0 fully saturated rings. The lowest BCUT2D eigenvalue weighted by atomic mass is 10.2. The fourth-order valence-electron chi connectivity index (χ4n) is 1.80. The zero-order valence-electron chi connectivity index (χ0n) is 10.9. The van der Waals surface area contributed by atoms with Crippen LogP contribution in [0, 0.1) is 6.92 Å². The van der Waals surface area contributed by atoms with E-state index in [4.69, 9.17) is 4.74 Å². The summed E-state index contributed by atoms with van der Waals surface area (Å²) in [5, 5.41) is 0. The van der Waals surface area contributed by atoms with Crippen molar-refractivity contribution in [2.75, 3.05) is 6.61 Å². The van der Waals surface area contributed by atoms with E-state index in [9.17, 15) is 9.59 Å². The lowest BCUT2D eigenvalue weighted by molar-refractivity contribution is 0.0525. The number of hydrogen-bond donors (Lipinski definition) is 0. The van der Waals surface area contributed by atoms with Crippen LogP contribution >= 0.6 is 0 Å². The van der Waals surface area contributed by atoms with Crippen molar-refractivity contribution >= 4 is 5.97 Å². The van der Waals surface area contributed by atoms with Crippen LogP contribution in [0.2, 0.25) is 0 Å². The van der Waals surface area contributed by atoms with Gasteiger partial charge in [-0.15, -0.1) is 0 Å². The molecule has 0 bridgehead atoms. The number of nitrogens with zero attached hydrogens (tertiary/aromatic N) is 1. The van der Waals surface area contributed by atoms with E-state index in [2.05, 4.69) is 0 Å². The third-order valence-electron chi connectivity index (χ3n) is 2.70. The van der Waals surface area contributed by atoms with Crippen molar-refractivity contribution in [3.05, 3.63) is 64.1 Å². The molecule has 4 nitrogen and oxygen atoms in total. The van der Waals surface area contributed by atoms with Crippen molar-refractivity contribution in [1.82, 2.24) is 4.57 Å². The van der Waals surface area contributed by atoms with Crippen LogP contribution in [0.3, 0.4) is 0 Å². The number of aryl methyl sites for hydroxylation is 1. The van der Waals surface area contributed by atoms with Gasteiger partial charge in [-0.3, -0.25) is 9.36 Å². The summed E-state index contributed by atoms with van der Waals surface area (Å²) in [5.41, 5.74) is 1.96. The first-order valence-corrected chi connectivity index (χ1v) is 6.08. The summed E-state index contributed by atoms with van der Waals surface area (Å²) in [7, 11) is 0. The lowest BCUT2D eigenvalue weighted by Crippen LogP contribution is -2.19. The van der Waals surface area contributed by atoms with Crippen LogP contribution in [0.4, 0.5) is 0 Å². The third kappa shape index (κ3) is 2.91. The first kappa shape index (κ1) is 13.1. The maximum Gasteiger partial charge on any atom is 0.339 e. The monoisotopic (exact) mass is 257 g/mol. The number of benzene rings is 1. The Morgan fingerprint density at radius 3 is 2.74 bits per heavy atom. The number of hydrogen-bond acceptors (Lipinski definition) is 3. The van der Waals surface area contributed by atoms with Crippen molar-refractivity contribution in [1.29, 1.82) is 0 Å². The van der Waals surface area contributed by atoms with Crippen molar-refractivity contribution < 1.29 is 9.53 Å². The van der Waals surface area contributed by atoms with Crippen LogP contribution in [0.25, 0.3) is 5.69 Å². The van der Waals surface area contributed by atoms with Crippen molar-refractivity contribution in [3.63, 3.8) is 0 Å². The molecular weight excluding hydrogens is 242 g/mol. The zero-order chi connectivity index (χ0) is 13.8. The number of esters is 1. The molecule has 1 aromatic heterocycles. The molecule has 0 saturated heterocycles. The largest absolute Gasteiger partial charge is 0.462 e. The highest BCUT2D eigenvalue weighted by Gasteiger charge is 2.09. The highest BCUT2D eigenvalue weighted by Crippen LogP contribution is 2.09. The van der Waals surface area contributed by atoms with Crippen LogP contribution in [0.1, 0.15) is 22.8 Å². The molecule has 0 aliphatic rings. The second-order valence-corrected chi connectivity index (χ2v) is 4.19. The van der Waals surface area contributed by atoms with Gasteiger partial charge in [0.15, 0.2) is 0 Å². The summed E-state index contributed by atoms with van der Waals surface area (Å²) in [6.07, 6.45) is 1.51. The fourth-order valence-corrected chi connectivity index (χ4v) is 1.80. The number of aromatic nitrogens is 1. The number of carbonyl (C=O) groups excluding carboxylic acids is 1. The molecule has 1 heterocycles. The first-order valence-electron chi connectivity index (χ1n) is 6.08. The van der Waals surface area contributed by atoms with Crippen LogP contribution < -0.4 is 5.56 Å². The van der Waals surface area contributed by atoms with Gasteiger partial charge in [0.1, 0.15) is 0 Å². The molecule has 0 saturated carbocycles. The maximum absolute atomic E-state index is 11.9. The van der Waals surface area contributed by atoms with Gasteiger partial charge in [-0.2, -0.15) is 0 Å². The van der Waals surface area contributed by atoms with Gasteiger partial charge >= 0.3 is 5.97 Å². The molecule has 19 heavy (non-hydrogen) atoms. The van der Waals surface area contributed by atoms with E-state index in [1.807, 2.05) is 31.2 Å². The standard InChI is InChI=1S/C15H15NO3/c1-3-19-15(18)12-7-8-14(17)16(10-12)13-6-4-5-11(2)9-13/h4-10H,3H2,1-2H3. The van der Waals surface area contributed by atoms with E-state index in [0.29, 0.717) is 12.2 Å². The Kier molecular flexibility index (Phi) is 3.80. The molecule has 0 aliphatic heterocycles. The normalized spacial score (nSPS) is 10.2. The van der Waals surface area contributed by atoms with Gasteiger partial charge < -0.3 is 4.74 Å². The van der Waals surface area contributed by atoms with Gasteiger partial charge in [0, 0.05) is 18.0 Å². The summed E-state index contributed by atoms with van der Waals surface area (Å²) >= 11 is 0. The van der Waals surface area contributed by atoms with Gasteiger partial charge in [0.2, 0.25) is 0 Å². The maximum atomic E-state index is 11.9. The Bertz CT molecular complexity index is 658. The number of rotatable bonds is 3. The minimum absolute atomic E-state index is 0.182. The topological polar surface area (TPSA) is 48.3 Å². The Labute approximate surface area is 111 Å². The van der Waals surface area contributed by atoms with E-state index in [-0.39, 0.29) is 5.56 Å². The molecule has 0 N–H and O–H groups in total. The smallest absolute Gasteiger partial charge is 0.339 e. The predicted octanol–water partition coefficient (Wildman–Crippen LogP) is 2.32. The highest BCUT2D eigenvalue weighted by molar-refractivity contribution is 5.89. The average Bonchev–Trinajstić information content (AvgIpc) is 2.39. The minimum atomic E-state index is -0.427. The number of pyridine rings is 1. The van der Waals surface area contributed by atoms with Crippen LogP contribution in [-0.4, -0.2) is 17.1 Å². The van der Waals surface area contributed by atoms with Crippen molar-refractivity contribution in [2.45, 2.75) is 13.8 Å². The van der Waals surface area contributed by atoms with E-state index >= 15 is 0 Å². The summed E-state index contributed by atoms with van der Waals surface area (Å²) < 4.78 is 6.37. The minimum Gasteiger partial charge on any atom is -0.462 e. The van der Waals surface area contributed by atoms with E-state index in [1.54, 1.807) is 6.92 Å². The van der Waals surface area contributed by atoms with Crippen LogP contribution in [-0.2, 0) is 4.74 Å². The van der Waals surface area contributed by atoms with E-state index in [1.165, 1.54) is 22.9 Å². The molecule has 0 spiro atoms. The lowest BCUT2D eigenvalue weighted by Gasteiger charge is -2.08. The molecule has 4 heteroatoms. The second-order valence-electron chi connectivity index (χ2n) is 4.19.